The Hall–Kier alpha value is -3.78. The lowest BCUT2D eigenvalue weighted by atomic mass is 9.58. The zero-order valence-electron chi connectivity index (χ0n) is 30.1. The highest BCUT2D eigenvalue weighted by molar-refractivity contribution is 7.95. The van der Waals surface area contributed by atoms with Gasteiger partial charge in [-0.05, 0) is 98.0 Å². The normalized spacial score (nSPS) is 31.1. The molecule has 4 saturated heterocycles. The van der Waals surface area contributed by atoms with Crippen molar-refractivity contribution >= 4 is 27.7 Å². The highest BCUT2D eigenvalue weighted by Gasteiger charge is 2.69. The summed E-state index contributed by atoms with van der Waals surface area (Å²) in [5, 5.41) is 4.09. The van der Waals surface area contributed by atoms with Crippen LogP contribution in [0.3, 0.4) is 0 Å². The maximum atomic E-state index is 12.9. The van der Waals surface area contributed by atoms with Crippen molar-refractivity contribution in [3.63, 3.8) is 0 Å². The van der Waals surface area contributed by atoms with E-state index < -0.39 is 34.0 Å². The molecule has 0 unspecified atom stereocenters. The van der Waals surface area contributed by atoms with Gasteiger partial charge in [-0.25, -0.2) is 18.2 Å². The van der Waals surface area contributed by atoms with Crippen LogP contribution in [0.4, 0.5) is 5.69 Å². The topological polar surface area (TPSA) is 131 Å². The van der Waals surface area contributed by atoms with Crippen LogP contribution in [0.2, 0.25) is 0 Å². The van der Waals surface area contributed by atoms with Crippen LogP contribution >= 0.6 is 0 Å². The van der Waals surface area contributed by atoms with Crippen molar-refractivity contribution in [2.75, 3.05) is 17.9 Å². The van der Waals surface area contributed by atoms with Crippen LogP contribution in [0.5, 0.6) is 5.75 Å². The van der Waals surface area contributed by atoms with Gasteiger partial charge in [0.1, 0.15) is 12.4 Å². The van der Waals surface area contributed by atoms with E-state index in [2.05, 4.69) is 23.9 Å². The molecule has 3 aromatic rings. The number of amides is 1. The number of fused-ring (bicyclic) bond motifs is 2. The van der Waals surface area contributed by atoms with Gasteiger partial charge in [0, 0.05) is 30.4 Å². The zero-order chi connectivity index (χ0) is 36.5. The molecule has 5 fully saturated rings. The molecule has 2 N–H and O–H groups in total. The van der Waals surface area contributed by atoms with Crippen LogP contribution in [0, 0.1) is 30.6 Å². The second-order valence-electron chi connectivity index (χ2n) is 14.7. The van der Waals surface area contributed by atoms with E-state index in [9.17, 15) is 13.2 Å². The van der Waals surface area contributed by atoms with Gasteiger partial charge in [0.2, 0.25) is 5.79 Å². The molecule has 3 aromatic carbocycles. The quantitative estimate of drug-likeness (QED) is 0.150. The van der Waals surface area contributed by atoms with E-state index in [1.165, 1.54) is 6.08 Å². The number of hydrogen-bond acceptors (Lipinski definition) is 9. The third kappa shape index (κ3) is 7.64. The predicted octanol–water partition coefficient (Wildman–Crippen LogP) is 6.94. The van der Waals surface area contributed by atoms with Crippen molar-refractivity contribution in [1.82, 2.24) is 5.32 Å². The fourth-order valence-corrected chi connectivity index (χ4v) is 9.08. The van der Waals surface area contributed by atoms with Crippen molar-refractivity contribution in [2.45, 2.75) is 84.0 Å². The van der Waals surface area contributed by atoms with Gasteiger partial charge in [-0.3, -0.25) is 9.52 Å². The van der Waals surface area contributed by atoms with Crippen molar-refractivity contribution < 1.29 is 41.9 Å². The van der Waals surface area contributed by atoms with Crippen molar-refractivity contribution in [3.8, 4) is 5.75 Å². The van der Waals surface area contributed by atoms with Gasteiger partial charge in [-0.2, -0.15) is 0 Å². The Morgan fingerprint density at radius 1 is 0.962 bits per heavy atom. The van der Waals surface area contributed by atoms with E-state index in [1.54, 1.807) is 48.5 Å². The number of ether oxygens (including phenoxy) is 4. The maximum absolute atomic E-state index is 12.9. The summed E-state index contributed by atoms with van der Waals surface area (Å²) in [5.41, 5.74) is 2.90. The van der Waals surface area contributed by atoms with E-state index in [0.29, 0.717) is 54.2 Å². The Morgan fingerprint density at radius 3 is 2.50 bits per heavy atom. The van der Waals surface area contributed by atoms with E-state index in [1.807, 2.05) is 38.1 Å². The van der Waals surface area contributed by atoms with Crippen LogP contribution in [0.25, 0.3) is 6.08 Å². The molecule has 1 aliphatic carbocycles. The number of carbonyl (C=O) groups is 1. The lowest BCUT2D eigenvalue weighted by molar-refractivity contribution is -0.577. The Labute approximate surface area is 305 Å². The Bertz CT molecular complexity index is 1870. The van der Waals surface area contributed by atoms with Gasteiger partial charge in [0.15, 0.2) is 18.2 Å². The Kier molecular flexibility index (Phi) is 10.5. The molecule has 12 heteroatoms. The van der Waals surface area contributed by atoms with Crippen LogP contribution in [0.15, 0.2) is 78.2 Å². The minimum atomic E-state index is -3.66. The fourth-order valence-electron chi connectivity index (χ4n) is 8.14. The maximum Gasteiger partial charge on any atom is 0.255 e. The van der Waals surface area contributed by atoms with E-state index in [-0.39, 0.29) is 17.7 Å². The van der Waals surface area contributed by atoms with Crippen molar-refractivity contribution in [1.29, 1.82) is 0 Å². The number of rotatable bonds is 12. The molecule has 4 heterocycles. The Balaban J connectivity index is 0.855. The van der Waals surface area contributed by atoms with E-state index in [4.69, 9.17) is 28.7 Å². The highest BCUT2D eigenvalue weighted by Crippen LogP contribution is 2.60. The van der Waals surface area contributed by atoms with Crippen molar-refractivity contribution in [3.05, 3.63) is 100 Å². The summed E-state index contributed by atoms with van der Waals surface area (Å²) in [4.78, 5) is 25.0. The number of hydrogen-bond donors (Lipinski definition) is 2. The van der Waals surface area contributed by atoms with E-state index >= 15 is 0 Å². The molecule has 0 radical (unpaired) electrons. The zero-order valence-corrected chi connectivity index (χ0v) is 30.9. The smallest absolute Gasteiger partial charge is 0.255 e. The second kappa shape index (κ2) is 14.9. The second-order valence-corrected chi connectivity index (χ2v) is 16.3. The summed E-state index contributed by atoms with van der Waals surface area (Å²) < 4.78 is 52.6. The van der Waals surface area contributed by atoms with Crippen LogP contribution in [0.1, 0.15) is 73.5 Å². The first kappa shape index (κ1) is 36.6. The van der Waals surface area contributed by atoms with Crippen molar-refractivity contribution in [2.24, 2.45) is 23.7 Å². The number of benzene rings is 3. The molecule has 1 spiro atoms. The summed E-state index contributed by atoms with van der Waals surface area (Å²) in [6, 6.07) is 21.6. The number of carbonyl (C=O) groups excluding carboxylic acids is 1. The average Bonchev–Trinajstić information content (AvgIpc) is 3.37. The van der Waals surface area contributed by atoms with Gasteiger partial charge in [-0.1, -0.05) is 56.3 Å². The molecule has 2 bridgehead atoms. The summed E-state index contributed by atoms with van der Waals surface area (Å²) in [6.45, 7) is 9.12. The van der Waals surface area contributed by atoms with Gasteiger partial charge < -0.3 is 24.3 Å². The summed E-state index contributed by atoms with van der Waals surface area (Å²) in [7, 11) is -3.66. The van der Waals surface area contributed by atoms with Gasteiger partial charge in [-0.15, -0.1) is 0 Å². The molecule has 8 atom stereocenters. The SMILES string of the molecule is Cc1ccccc1NS(=O)(=O)/C=C/c1ccc(OCc2ccc(C(=O)NCCO[C@@H]3O[C@@H]4O[C@@]5(C)CC[C@H]6[C@H](C)CC[C@@H]([C@H]3C)[C@@]46OO5)cc2)cc1. The molecule has 5 aliphatic rings. The fraction of sp³-hybridized carbons (Fsp3) is 0.475. The number of anilines is 1. The van der Waals surface area contributed by atoms with E-state index in [0.717, 1.165) is 42.2 Å². The van der Waals surface area contributed by atoms with Gasteiger partial charge >= 0.3 is 0 Å². The predicted molar refractivity (Wildman–Crippen MR) is 195 cm³/mol. The molecular weight excluding hydrogens is 685 g/mol. The lowest BCUT2D eigenvalue weighted by Gasteiger charge is -2.60. The lowest BCUT2D eigenvalue weighted by Crippen LogP contribution is -2.70. The number of sulfonamides is 1. The van der Waals surface area contributed by atoms with Gasteiger partial charge in [0.25, 0.3) is 15.9 Å². The molecule has 4 aliphatic heterocycles. The van der Waals surface area contributed by atoms with Crippen LogP contribution < -0.4 is 14.8 Å². The average molecular weight is 733 g/mol. The number of nitrogens with one attached hydrogen (secondary N) is 2. The largest absolute Gasteiger partial charge is 0.489 e. The molecule has 1 amide bonds. The standard InChI is InChI=1S/C40H48N2O9S/c1-26-9-18-34-28(3)37(48-38-40(34)33(26)19-21-39(4,49-38)50-51-40)46-23-22-41-36(43)31-14-10-30(11-15-31)25-47-32-16-12-29(13-17-32)20-24-52(44,45)42-35-8-6-5-7-27(35)2/h5-8,10-17,20,24,26,28,33-34,37-38,42H,9,18-19,21-23,25H2,1-4H3,(H,41,43)/b24-20+/t26-,28-,33+,34+,37-,38-,39-,40-/m1/s1. The summed E-state index contributed by atoms with van der Waals surface area (Å²) in [6.07, 6.45) is 4.34. The first-order valence-corrected chi connectivity index (χ1v) is 19.7. The molecule has 11 nitrogen and oxygen atoms in total. The molecule has 278 valence electrons. The summed E-state index contributed by atoms with van der Waals surface area (Å²) >= 11 is 0. The molecular formula is C40H48N2O9S. The summed E-state index contributed by atoms with van der Waals surface area (Å²) in [5.74, 6) is 0.638. The third-order valence-electron chi connectivity index (χ3n) is 11.1. The van der Waals surface area contributed by atoms with Gasteiger partial charge in [0.05, 0.1) is 17.7 Å². The van der Waals surface area contributed by atoms with Crippen LogP contribution in [-0.4, -0.2) is 51.4 Å². The monoisotopic (exact) mass is 732 g/mol. The highest BCUT2D eigenvalue weighted by atomic mass is 32.2. The van der Waals surface area contributed by atoms with Crippen LogP contribution in [-0.2, 0) is 40.6 Å². The molecule has 52 heavy (non-hydrogen) atoms. The Morgan fingerprint density at radius 2 is 1.73 bits per heavy atom. The molecule has 1 saturated carbocycles. The number of aryl methyl sites for hydroxylation is 1. The first-order chi connectivity index (χ1) is 24.9. The number of para-hydroxylation sites is 1. The first-order valence-electron chi connectivity index (χ1n) is 18.1. The minimum Gasteiger partial charge on any atom is -0.489 e. The molecule has 8 rings (SSSR count). The minimum absolute atomic E-state index is 0.0668. The third-order valence-corrected chi connectivity index (χ3v) is 12.1. The molecule has 0 aromatic heterocycles.